The summed E-state index contributed by atoms with van der Waals surface area (Å²) < 4.78 is 5.21. The summed E-state index contributed by atoms with van der Waals surface area (Å²) in [5.41, 5.74) is 2.42. The van der Waals surface area contributed by atoms with Crippen LogP contribution in [0, 0.1) is 5.92 Å². The number of benzene rings is 1. The standard InChI is InChI=1S/C23H29N5O5/c1-14(2)19(26-23(32)33-13-15-6-4-3-5-7-15)21(30)25-18-9-8-16-12-17(28-27-16)10-11-24-22(31)20(18)29/h3-7,12,14,18-19H,8-11,13H2,1-2H3,(H,24,31)(H,25,30)(H,26,32)(H,27,28). The first kappa shape index (κ1) is 24.0. The van der Waals surface area contributed by atoms with E-state index in [1.54, 1.807) is 13.8 Å². The van der Waals surface area contributed by atoms with Gasteiger partial charge in [0.25, 0.3) is 5.91 Å². The van der Waals surface area contributed by atoms with Crippen LogP contribution in [0.3, 0.4) is 0 Å². The number of nitrogens with zero attached hydrogens (tertiary/aromatic N) is 1. The molecule has 0 fully saturated rings. The molecule has 0 saturated carbocycles. The highest BCUT2D eigenvalue weighted by molar-refractivity contribution is 6.38. The van der Waals surface area contributed by atoms with Crippen LogP contribution in [0.15, 0.2) is 36.4 Å². The zero-order chi connectivity index (χ0) is 23.8. The first-order valence-electron chi connectivity index (χ1n) is 11.0. The molecule has 0 radical (unpaired) electrons. The molecule has 0 spiro atoms. The molecule has 0 aliphatic carbocycles. The molecule has 2 unspecified atom stereocenters. The topological polar surface area (TPSA) is 142 Å². The van der Waals surface area contributed by atoms with Gasteiger partial charge in [-0.15, -0.1) is 0 Å². The molecule has 10 nitrogen and oxygen atoms in total. The largest absolute Gasteiger partial charge is 0.445 e. The number of alkyl carbamates (subject to hydrolysis) is 1. The molecule has 1 aliphatic rings. The van der Waals surface area contributed by atoms with Crippen molar-refractivity contribution in [1.29, 1.82) is 0 Å². The number of amides is 3. The maximum Gasteiger partial charge on any atom is 0.408 e. The van der Waals surface area contributed by atoms with E-state index in [9.17, 15) is 19.2 Å². The highest BCUT2D eigenvalue weighted by Crippen LogP contribution is 2.10. The van der Waals surface area contributed by atoms with Gasteiger partial charge in [0.2, 0.25) is 11.7 Å². The molecule has 3 amide bonds. The number of aromatic amines is 1. The van der Waals surface area contributed by atoms with Crippen LogP contribution in [0.5, 0.6) is 0 Å². The minimum absolute atomic E-state index is 0.0621. The maximum atomic E-state index is 13.0. The lowest BCUT2D eigenvalue weighted by atomic mass is 10.0. The fourth-order valence-corrected chi connectivity index (χ4v) is 3.47. The van der Waals surface area contributed by atoms with Crippen molar-refractivity contribution in [3.63, 3.8) is 0 Å². The Hall–Kier alpha value is -3.69. The van der Waals surface area contributed by atoms with E-state index < -0.39 is 35.8 Å². The molecule has 33 heavy (non-hydrogen) atoms. The molecule has 10 heteroatoms. The van der Waals surface area contributed by atoms with E-state index >= 15 is 0 Å². The molecule has 3 rings (SSSR count). The first-order chi connectivity index (χ1) is 15.8. The van der Waals surface area contributed by atoms with Crippen molar-refractivity contribution in [2.45, 2.75) is 51.8 Å². The van der Waals surface area contributed by atoms with Crippen molar-refractivity contribution in [2.24, 2.45) is 5.92 Å². The van der Waals surface area contributed by atoms with Gasteiger partial charge >= 0.3 is 6.09 Å². The lowest BCUT2D eigenvalue weighted by molar-refractivity contribution is -0.140. The minimum Gasteiger partial charge on any atom is -0.445 e. The maximum absolute atomic E-state index is 13.0. The van der Waals surface area contributed by atoms with E-state index in [-0.39, 0.29) is 25.5 Å². The summed E-state index contributed by atoms with van der Waals surface area (Å²) in [6.45, 7) is 3.85. The first-order valence-corrected chi connectivity index (χ1v) is 11.0. The Balaban J connectivity index is 1.63. The van der Waals surface area contributed by atoms with Crippen molar-refractivity contribution in [3.8, 4) is 0 Å². The normalized spacial score (nSPS) is 17.5. The third-order valence-electron chi connectivity index (χ3n) is 5.35. The Bertz CT molecular complexity index is 988. The van der Waals surface area contributed by atoms with E-state index in [2.05, 4.69) is 26.1 Å². The van der Waals surface area contributed by atoms with Crippen LogP contribution in [0.25, 0.3) is 0 Å². The number of Topliss-reactive ketones (excluding diaryl/α,β-unsaturated/α-hetero) is 1. The summed E-state index contributed by atoms with van der Waals surface area (Å²) in [6.07, 6.45) is 0.389. The number of ether oxygens (including phenoxy) is 1. The quantitative estimate of drug-likeness (QED) is 0.479. The zero-order valence-electron chi connectivity index (χ0n) is 18.7. The highest BCUT2D eigenvalue weighted by atomic mass is 16.5. The van der Waals surface area contributed by atoms with Gasteiger partial charge in [0.15, 0.2) is 0 Å². The monoisotopic (exact) mass is 455 g/mol. The summed E-state index contributed by atoms with van der Waals surface area (Å²) in [5, 5.41) is 14.9. The van der Waals surface area contributed by atoms with E-state index in [4.69, 9.17) is 4.74 Å². The minimum atomic E-state index is -1.04. The number of H-pyrrole nitrogens is 1. The van der Waals surface area contributed by atoms with E-state index in [1.807, 2.05) is 36.4 Å². The van der Waals surface area contributed by atoms with Crippen LogP contribution >= 0.6 is 0 Å². The molecule has 1 aromatic heterocycles. The van der Waals surface area contributed by atoms with Gasteiger partial charge in [-0.3, -0.25) is 19.5 Å². The van der Waals surface area contributed by atoms with Gasteiger partial charge in [0.05, 0.1) is 11.7 Å². The number of fused-ring (bicyclic) bond motifs is 2. The fraction of sp³-hybridized carbons (Fsp3) is 0.435. The summed E-state index contributed by atoms with van der Waals surface area (Å²) in [6, 6.07) is 9.06. The van der Waals surface area contributed by atoms with Crippen molar-refractivity contribution >= 4 is 23.7 Å². The van der Waals surface area contributed by atoms with Gasteiger partial charge in [-0.05, 0) is 30.4 Å². The van der Waals surface area contributed by atoms with Gasteiger partial charge in [0.1, 0.15) is 12.6 Å². The molecule has 1 aromatic carbocycles. The number of carbonyl (C=O) groups is 4. The van der Waals surface area contributed by atoms with Crippen LogP contribution in [0.1, 0.15) is 37.2 Å². The third-order valence-corrected chi connectivity index (χ3v) is 5.35. The number of aromatic nitrogens is 2. The Kier molecular flexibility index (Phi) is 8.17. The number of hydrogen-bond acceptors (Lipinski definition) is 6. The van der Waals surface area contributed by atoms with Crippen molar-refractivity contribution < 1.29 is 23.9 Å². The van der Waals surface area contributed by atoms with E-state index in [0.29, 0.717) is 12.8 Å². The molecule has 176 valence electrons. The van der Waals surface area contributed by atoms with Crippen LogP contribution in [-0.4, -0.2) is 52.5 Å². The summed E-state index contributed by atoms with van der Waals surface area (Å²) in [4.78, 5) is 50.2. The van der Waals surface area contributed by atoms with Crippen molar-refractivity contribution in [3.05, 3.63) is 53.3 Å². The number of rotatable bonds is 6. The highest BCUT2D eigenvalue weighted by Gasteiger charge is 2.32. The molecule has 4 N–H and O–H groups in total. The second-order valence-corrected chi connectivity index (χ2v) is 8.28. The molecule has 2 heterocycles. The summed E-state index contributed by atoms with van der Waals surface area (Å²) in [5.74, 6) is -2.32. The Morgan fingerprint density at radius 2 is 1.94 bits per heavy atom. The van der Waals surface area contributed by atoms with E-state index in [0.717, 1.165) is 17.0 Å². The molecule has 0 saturated heterocycles. The second-order valence-electron chi connectivity index (χ2n) is 8.28. The van der Waals surface area contributed by atoms with Gasteiger partial charge < -0.3 is 20.7 Å². The number of aryl methyl sites for hydroxylation is 1. The van der Waals surface area contributed by atoms with Gasteiger partial charge in [-0.1, -0.05) is 44.2 Å². The van der Waals surface area contributed by atoms with Crippen LogP contribution in [-0.2, 0) is 38.6 Å². The predicted molar refractivity (Wildman–Crippen MR) is 119 cm³/mol. The fourth-order valence-electron chi connectivity index (χ4n) is 3.47. The number of carbonyl (C=O) groups excluding carboxylic acids is 4. The van der Waals surface area contributed by atoms with Crippen molar-refractivity contribution in [2.75, 3.05) is 6.54 Å². The number of nitrogens with one attached hydrogen (secondary N) is 4. The second kappa shape index (κ2) is 11.3. The van der Waals surface area contributed by atoms with Crippen LogP contribution in [0.4, 0.5) is 4.79 Å². The third kappa shape index (κ3) is 6.90. The molecule has 2 atom stereocenters. The van der Waals surface area contributed by atoms with E-state index in [1.165, 1.54) is 0 Å². The predicted octanol–water partition coefficient (Wildman–Crippen LogP) is 1.02. The smallest absolute Gasteiger partial charge is 0.408 e. The molecule has 1 aliphatic heterocycles. The Labute approximate surface area is 191 Å². The average Bonchev–Trinajstić information content (AvgIpc) is 3.25. The van der Waals surface area contributed by atoms with Gasteiger partial charge in [0, 0.05) is 18.7 Å². The summed E-state index contributed by atoms with van der Waals surface area (Å²) >= 11 is 0. The van der Waals surface area contributed by atoms with Crippen molar-refractivity contribution in [1.82, 2.24) is 26.1 Å². The number of hydrogen-bond donors (Lipinski definition) is 4. The number of ketones is 1. The Morgan fingerprint density at radius 1 is 1.18 bits per heavy atom. The molecular formula is C23H29N5O5. The lowest BCUT2D eigenvalue weighted by Gasteiger charge is -2.24. The summed E-state index contributed by atoms with van der Waals surface area (Å²) in [7, 11) is 0. The molecular weight excluding hydrogens is 426 g/mol. The Morgan fingerprint density at radius 3 is 2.67 bits per heavy atom. The van der Waals surface area contributed by atoms with Crippen LogP contribution < -0.4 is 16.0 Å². The van der Waals surface area contributed by atoms with Crippen LogP contribution in [0.2, 0.25) is 0 Å². The molecule has 2 bridgehead atoms. The average molecular weight is 456 g/mol. The zero-order valence-corrected chi connectivity index (χ0v) is 18.7. The van der Waals surface area contributed by atoms with Gasteiger partial charge in [-0.25, -0.2) is 4.79 Å². The van der Waals surface area contributed by atoms with Gasteiger partial charge in [-0.2, -0.15) is 5.10 Å². The lowest BCUT2D eigenvalue weighted by Crippen LogP contribution is -2.55. The SMILES string of the molecule is CC(C)C(NC(=O)OCc1ccccc1)C(=O)NC1CCc2cc(n[nH]2)CCNC(=O)C1=O. The molecule has 2 aromatic rings.